The summed E-state index contributed by atoms with van der Waals surface area (Å²) in [6, 6.07) is 26.4. The van der Waals surface area contributed by atoms with Gasteiger partial charge in [-0.2, -0.15) is 0 Å². The summed E-state index contributed by atoms with van der Waals surface area (Å²) in [6.45, 7) is 4.72. The average molecular weight is 516 g/mol. The summed E-state index contributed by atoms with van der Waals surface area (Å²) in [6.07, 6.45) is 0.920. The van der Waals surface area contributed by atoms with E-state index in [-0.39, 0.29) is 11.8 Å². The Kier molecular flexibility index (Phi) is 10.3. The Balaban J connectivity index is 1.55. The molecule has 200 valence electrons. The van der Waals surface area contributed by atoms with Gasteiger partial charge in [-0.15, -0.1) is 0 Å². The molecule has 0 radical (unpaired) electrons. The van der Waals surface area contributed by atoms with Crippen LogP contribution >= 0.6 is 0 Å². The van der Waals surface area contributed by atoms with Crippen LogP contribution in [-0.2, 0) is 27.3 Å². The van der Waals surface area contributed by atoms with Crippen LogP contribution in [0.1, 0.15) is 29.2 Å². The Morgan fingerprint density at radius 1 is 0.921 bits per heavy atom. The minimum absolute atomic E-state index is 0.0677. The summed E-state index contributed by atoms with van der Waals surface area (Å²) < 4.78 is 10.7. The molecule has 3 aromatic carbocycles. The Morgan fingerprint density at radius 3 is 2.24 bits per heavy atom. The van der Waals surface area contributed by atoms with Crippen molar-refractivity contribution in [2.24, 2.45) is 0 Å². The highest BCUT2D eigenvalue weighted by molar-refractivity contribution is 5.88. The Hall–Kier alpha value is -3.68. The Morgan fingerprint density at radius 2 is 1.58 bits per heavy atom. The molecule has 7 nitrogen and oxygen atoms in total. The highest BCUT2D eigenvalue weighted by atomic mass is 16.5. The third-order valence-electron chi connectivity index (χ3n) is 6.81. The van der Waals surface area contributed by atoms with Crippen LogP contribution in [0.15, 0.2) is 84.9 Å². The molecular formula is C31H37N3O4. The average Bonchev–Trinajstić information content (AvgIpc) is 2.97. The van der Waals surface area contributed by atoms with Crippen molar-refractivity contribution >= 4 is 11.8 Å². The zero-order chi connectivity index (χ0) is 26.6. The van der Waals surface area contributed by atoms with Crippen LogP contribution in [0.4, 0.5) is 0 Å². The van der Waals surface area contributed by atoms with Gasteiger partial charge in [0.15, 0.2) is 0 Å². The van der Waals surface area contributed by atoms with Crippen LogP contribution in [0.25, 0.3) is 0 Å². The summed E-state index contributed by atoms with van der Waals surface area (Å²) in [5.41, 5.74) is 2.82. The van der Waals surface area contributed by atoms with E-state index in [1.54, 1.807) is 12.0 Å². The molecule has 1 fully saturated rings. The molecule has 1 N–H and O–H groups in total. The normalized spacial score (nSPS) is 14.4. The Bertz CT molecular complexity index is 1130. The molecule has 2 amide bonds. The second-order valence-corrected chi connectivity index (χ2v) is 9.41. The first kappa shape index (κ1) is 27.4. The van der Waals surface area contributed by atoms with Crippen LogP contribution in [0.2, 0.25) is 0 Å². The maximum atomic E-state index is 13.8. The summed E-state index contributed by atoms with van der Waals surface area (Å²) in [5.74, 6) is 0.504. The molecule has 4 rings (SSSR count). The molecule has 1 heterocycles. The number of rotatable bonds is 12. The second kappa shape index (κ2) is 14.3. The minimum Gasteiger partial charge on any atom is -0.497 e. The standard InChI is InChI=1S/C31H37N3O4/c1-37-28-15-12-26(13-16-28)24-34(29(35)17-14-25-8-4-2-5-9-25)30(27-10-6-3-7-11-27)31(36)32-18-19-33-20-22-38-23-21-33/h2-13,15-16,30H,14,17-24H2,1H3,(H,32,36). The zero-order valence-corrected chi connectivity index (χ0v) is 22.1. The molecule has 1 aliphatic rings. The van der Waals surface area contributed by atoms with Gasteiger partial charge in [0.2, 0.25) is 11.8 Å². The number of amides is 2. The predicted octanol–water partition coefficient (Wildman–Crippen LogP) is 3.85. The molecular weight excluding hydrogens is 478 g/mol. The fourth-order valence-electron chi connectivity index (χ4n) is 4.66. The number of carbonyl (C=O) groups is 2. The van der Waals surface area contributed by atoms with E-state index in [0.717, 1.165) is 42.1 Å². The number of nitrogens with one attached hydrogen (secondary N) is 1. The van der Waals surface area contributed by atoms with Gasteiger partial charge in [-0.3, -0.25) is 14.5 Å². The van der Waals surface area contributed by atoms with Crippen LogP contribution in [0, 0.1) is 0 Å². The lowest BCUT2D eigenvalue weighted by Gasteiger charge is -2.32. The number of ether oxygens (including phenoxy) is 2. The maximum Gasteiger partial charge on any atom is 0.247 e. The van der Waals surface area contributed by atoms with Crippen molar-refractivity contribution in [3.8, 4) is 5.75 Å². The van der Waals surface area contributed by atoms with Gasteiger partial charge in [-0.1, -0.05) is 72.8 Å². The zero-order valence-electron chi connectivity index (χ0n) is 22.1. The fraction of sp³-hybridized carbons (Fsp3) is 0.355. The molecule has 1 atom stereocenters. The Labute approximate surface area is 225 Å². The van der Waals surface area contributed by atoms with Crippen LogP contribution in [0.5, 0.6) is 5.75 Å². The quantitative estimate of drug-likeness (QED) is 0.397. The first-order valence-corrected chi connectivity index (χ1v) is 13.2. The third-order valence-corrected chi connectivity index (χ3v) is 6.81. The highest BCUT2D eigenvalue weighted by Crippen LogP contribution is 2.26. The van der Waals surface area contributed by atoms with E-state index in [0.29, 0.717) is 39.1 Å². The molecule has 1 unspecified atom stereocenters. The molecule has 7 heteroatoms. The topological polar surface area (TPSA) is 71.1 Å². The lowest BCUT2D eigenvalue weighted by Crippen LogP contribution is -2.46. The lowest BCUT2D eigenvalue weighted by molar-refractivity contribution is -0.141. The van der Waals surface area contributed by atoms with Crippen LogP contribution in [-0.4, -0.2) is 68.1 Å². The largest absolute Gasteiger partial charge is 0.497 e. The molecule has 0 saturated carbocycles. The SMILES string of the molecule is COc1ccc(CN(C(=O)CCc2ccccc2)C(C(=O)NCCN2CCOCC2)c2ccccc2)cc1. The maximum absolute atomic E-state index is 13.8. The molecule has 0 aliphatic carbocycles. The van der Waals surface area contributed by atoms with Crippen molar-refractivity contribution in [3.63, 3.8) is 0 Å². The number of methoxy groups -OCH3 is 1. The first-order chi connectivity index (χ1) is 18.6. The summed E-state index contributed by atoms with van der Waals surface area (Å²) in [7, 11) is 1.63. The van der Waals surface area contributed by atoms with Crippen molar-refractivity contribution in [3.05, 3.63) is 102 Å². The van der Waals surface area contributed by atoms with E-state index in [9.17, 15) is 9.59 Å². The number of morpholine rings is 1. The van der Waals surface area contributed by atoms with Crippen molar-refractivity contribution in [1.29, 1.82) is 0 Å². The minimum atomic E-state index is -0.744. The number of carbonyl (C=O) groups excluding carboxylic acids is 2. The van der Waals surface area contributed by atoms with Crippen LogP contribution < -0.4 is 10.1 Å². The van der Waals surface area contributed by atoms with E-state index in [1.165, 1.54) is 0 Å². The van der Waals surface area contributed by atoms with Crippen molar-refractivity contribution in [1.82, 2.24) is 15.1 Å². The van der Waals surface area contributed by atoms with Gasteiger partial charge in [0.05, 0.1) is 20.3 Å². The van der Waals surface area contributed by atoms with E-state index in [2.05, 4.69) is 10.2 Å². The fourth-order valence-corrected chi connectivity index (χ4v) is 4.66. The number of nitrogens with zero attached hydrogens (tertiary/aromatic N) is 2. The second-order valence-electron chi connectivity index (χ2n) is 9.41. The number of aryl methyl sites for hydroxylation is 1. The van der Waals surface area contributed by atoms with Gasteiger partial charge in [0.25, 0.3) is 0 Å². The molecule has 3 aromatic rings. The molecule has 38 heavy (non-hydrogen) atoms. The van der Waals surface area contributed by atoms with Crippen molar-refractivity contribution in [2.75, 3.05) is 46.5 Å². The summed E-state index contributed by atoms with van der Waals surface area (Å²) in [5, 5.41) is 3.11. The van der Waals surface area contributed by atoms with Crippen molar-refractivity contribution < 1.29 is 19.1 Å². The molecule has 1 aliphatic heterocycles. The number of hydrogen-bond donors (Lipinski definition) is 1. The van der Waals surface area contributed by atoms with E-state index in [4.69, 9.17) is 9.47 Å². The number of benzene rings is 3. The first-order valence-electron chi connectivity index (χ1n) is 13.2. The van der Waals surface area contributed by atoms with E-state index < -0.39 is 6.04 Å². The molecule has 1 saturated heterocycles. The van der Waals surface area contributed by atoms with Gasteiger partial charge >= 0.3 is 0 Å². The third kappa shape index (κ3) is 7.91. The van der Waals surface area contributed by atoms with Gasteiger partial charge < -0.3 is 19.7 Å². The monoisotopic (exact) mass is 515 g/mol. The smallest absolute Gasteiger partial charge is 0.247 e. The van der Waals surface area contributed by atoms with Gasteiger partial charge in [0.1, 0.15) is 11.8 Å². The van der Waals surface area contributed by atoms with Crippen LogP contribution in [0.3, 0.4) is 0 Å². The summed E-state index contributed by atoms with van der Waals surface area (Å²) in [4.78, 5) is 31.5. The predicted molar refractivity (Wildman–Crippen MR) is 148 cm³/mol. The summed E-state index contributed by atoms with van der Waals surface area (Å²) >= 11 is 0. The van der Waals surface area contributed by atoms with Gasteiger partial charge in [-0.05, 0) is 35.2 Å². The molecule has 0 spiro atoms. The van der Waals surface area contributed by atoms with E-state index in [1.807, 2.05) is 84.9 Å². The molecule has 0 bridgehead atoms. The van der Waals surface area contributed by atoms with Gasteiger partial charge in [-0.25, -0.2) is 0 Å². The molecule has 0 aromatic heterocycles. The highest BCUT2D eigenvalue weighted by Gasteiger charge is 2.31. The van der Waals surface area contributed by atoms with Gasteiger partial charge in [0, 0.05) is 39.1 Å². The van der Waals surface area contributed by atoms with Crippen molar-refractivity contribution in [2.45, 2.75) is 25.4 Å². The van der Waals surface area contributed by atoms with E-state index >= 15 is 0 Å². The number of hydrogen-bond acceptors (Lipinski definition) is 5. The lowest BCUT2D eigenvalue weighted by atomic mass is 10.0.